The summed E-state index contributed by atoms with van der Waals surface area (Å²) in [7, 11) is 1.37. The molecule has 3 rings (SSSR count). The lowest BCUT2D eigenvalue weighted by molar-refractivity contribution is 0.0600. The van der Waals surface area contributed by atoms with E-state index in [9.17, 15) is 9.90 Å². The van der Waals surface area contributed by atoms with Crippen LogP contribution in [-0.4, -0.2) is 30.8 Å². The van der Waals surface area contributed by atoms with Crippen molar-refractivity contribution in [2.75, 3.05) is 13.7 Å². The first-order valence-electron chi connectivity index (χ1n) is 10.4. The molecule has 0 spiro atoms. The summed E-state index contributed by atoms with van der Waals surface area (Å²) in [5.74, 6) is 0.398. The lowest BCUT2D eigenvalue weighted by Gasteiger charge is -2.18. The summed E-state index contributed by atoms with van der Waals surface area (Å²) in [5.41, 5.74) is 3.56. The summed E-state index contributed by atoms with van der Waals surface area (Å²) in [4.78, 5) is 11.5. The molecule has 0 aromatic heterocycles. The zero-order chi connectivity index (χ0) is 22.1. The normalized spacial score (nSPS) is 12.7. The van der Waals surface area contributed by atoms with Crippen molar-refractivity contribution in [2.24, 2.45) is 0 Å². The third-order valence-electron chi connectivity index (χ3n) is 5.07. The summed E-state index contributed by atoms with van der Waals surface area (Å²) in [6.45, 7) is 2.99. The summed E-state index contributed by atoms with van der Waals surface area (Å²) in [6.07, 6.45) is 0.151. The fourth-order valence-electron chi connectivity index (χ4n) is 3.30. The van der Waals surface area contributed by atoms with Gasteiger partial charge in [-0.1, -0.05) is 54.6 Å². The number of esters is 1. The molecule has 0 fully saturated rings. The van der Waals surface area contributed by atoms with Gasteiger partial charge in [0.25, 0.3) is 0 Å². The number of benzene rings is 3. The van der Waals surface area contributed by atoms with Gasteiger partial charge in [0.2, 0.25) is 0 Å². The van der Waals surface area contributed by atoms with Crippen molar-refractivity contribution in [1.29, 1.82) is 0 Å². The second kappa shape index (κ2) is 11.3. The average molecular weight is 420 g/mol. The third kappa shape index (κ3) is 6.95. The van der Waals surface area contributed by atoms with Gasteiger partial charge in [0.1, 0.15) is 12.4 Å². The zero-order valence-electron chi connectivity index (χ0n) is 18.0. The molecule has 31 heavy (non-hydrogen) atoms. The zero-order valence-corrected chi connectivity index (χ0v) is 18.0. The van der Waals surface area contributed by atoms with Gasteiger partial charge >= 0.3 is 5.97 Å². The van der Waals surface area contributed by atoms with Crippen LogP contribution in [0, 0.1) is 0 Å². The SMILES string of the molecule is COC(=O)c1ccc(CC(C)NCC(O)c2cccc(OCc3ccccc3)c2)cc1. The van der Waals surface area contributed by atoms with Gasteiger partial charge in [0, 0.05) is 12.6 Å². The lowest BCUT2D eigenvalue weighted by atomic mass is 10.0. The highest BCUT2D eigenvalue weighted by molar-refractivity contribution is 5.89. The van der Waals surface area contributed by atoms with E-state index in [4.69, 9.17) is 9.47 Å². The predicted octanol–water partition coefficient (Wildman–Crippen LogP) is 4.31. The number of aliphatic hydroxyl groups excluding tert-OH is 1. The number of methoxy groups -OCH3 is 1. The largest absolute Gasteiger partial charge is 0.489 e. The van der Waals surface area contributed by atoms with Gasteiger partial charge in [-0.2, -0.15) is 0 Å². The molecule has 2 atom stereocenters. The minimum absolute atomic E-state index is 0.163. The maximum atomic E-state index is 11.5. The van der Waals surface area contributed by atoms with Crippen molar-refractivity contribution < 1.29 is 19.4 Å². The molecule has 0 heterocycles. The second-order valence-corrected chi connectivity index (χ2v) is 7.56. The van der Waals surface area contributed by atoms with E-state index in [1.54, 1.807) is 12.1 Å². The molecule has 0 aliphatic heterocycles. The molecule has 0 saturated heterocycles. The van der Waals surface area contributed by atoms with Crippen molar-refractivity contribution in [2.45, 2.75) is 32.1 Å². The highest BCUT2D eigenvalue weighted by Crippen LogP contribution is 2.20. The highest BCUT2D eigenvalue weighted by Gasteiger charge is 2.12. The second-order valence-electron chi connectivity index (χ2n) is 7.56. The number of hydrogen-bond acceptors (Lipinski definition) is 5. The van der Waals surface area contributed by atoms with Crippen LogP contribution in [0.2, 0.25) is 0 Å². The Labute approximate surface area is 183 Å². The van der Waals surface area contributed by atoms with Gasteiger partial charge in [-0.15, -0.1) is 0 Å². The molecule has 2 unspecified atom stereocenters. The fraction of sp³-hybridized carbons (Fsp3) is 0.269. The van der Waals surface area contributed by atoms with Crippen molar-refractivity contribution in [3.05, 3.63) is 101 Å². The van der Waals surface area contributed by atoms with E-state index < -0.39 is 6.10 Å². The number of nitrogens with one attached hydrogen (secondary N) is 1. The van der Waals surface area contributed by atoms with E-state index in [1.165, 1.54) is 7.11 Å². The first-order valence-corrected chi connectivity index (χ1v) is 10.4. The number of aliphatic hydroxyl groups is 1. The van der Waals surface area contributed by atoms with E-state index in [2.05, 4.69) is 12.2 Å². The van der Waals surface area contributed by atoms with Crippen LogP contribution in [0.5, 0.6) is 5.75 Å². The molecule has 0 bridgehead atoms. The van der Waals surface area contributed by atoms with Crippen molar-refractivity contribution in [1.82, 2.24) is 5.32 Å². The van der Waals surface area contributed by atoms with Crippen molar-refractivity contribution >= 4 is 5.97 Å². The number of carbonyl (C=O) groups excluding carboxylic acids is 1. The maximum Gasteiger partial charge on any atom is 0.337 e. The van der Waals surface area contributed by atoms with Gasteiger partial charge in [-0.3, -0.25) is 0 Å². The van der Waals surface area contributed by atoms with Crippen LogP contribution < -0.4 is 10.1 Å². The minimum Gasteiger partial charge on any atom is -0.489 e. The summed E-state index contributed by atoms with van der Waals surface area (Å²) >= 11 is 0. The maximum absolute atomic E-state index is 11.5. The lowest BCUT2D eigenvalue weighted by Crippen LogP contribution is -2.32. The summed E-state index contributed by atoms with van der Waals surface area (Å²) < 4.78 is 10.6. The molecule has 0 aliphatic rings. The van der Waals surface area contributed by atoms with E-state index in [-0.39, 0.29) is 12.0 Å². The quantitative estimate of drug-likeness (QED) is 0.480. The van der Waals surface area contributed by atoms with Crippen LogP contribution in [0.1, 0.15) is 40.1 Å². The Balaban J connectivity index is 1.48. The minimum atomic E-state index is -0.635. The molecule has 3 aromatic carbocycles. The number of rotatable bonds is 10. The van der Waals surface area contributed by atoms with Crippen molar-refractivity contribution in [3.63, 3.8) is 0 Å². The van der Waals surface area contributed by atoms with E-state index in [0.717, 1.165) is 28.9 Å². The first kappa shape index (κ1) is 22.5. The highest BCUT2D eigenvalue weighted by atomic mass is 16.5. The van der Waals surface area contributed by atoms with Crippen LogP contribution in [0.4, 0.5) is 0 Å². The molecule has 0 saturated carbocycles. The van der Waals surface area contributed by atoms with E-state index >= 15 is 0 Å². The first-order chi connectivity index (χ1) is 15.0. The Kier molecular flexibility index (Phi) is 8.21. The Morgan fingerprint density at radius 3 is 2.42 bits per heavy atom. The Morgan fingerprint density at radius 1 is 0.968 bits per heavy atom. The Hall–Kier alpha value is -3.15. The monoisotopic (exact) mass is 419 g/mol. The number of carbonyl (C=O) groups is 1. The average Bonchev–Trinajstić information content (AvgIpc) is 2.82. The number of ether oxygens (including phenoxy) is 2. The van der Waals surface area contributed by atoms with Crippen LogP contribution >= 0.6 is 0 Å². The standard InChI is InChI=1S/C26H29NO4/c1-19(15-20-11-13-22(14-12-20)26(29)30-2)27-17-25(28)23-9-6-10-24(16-23)31-18-21-7-4-3-5-8-21/h3-14,16,19,25,27-28H,15,17-18H2,1-2H3. The predicted molar refractivity (Wildman–Crippen MR) is 121 cm³/mol. The molecular weight excluding hydrogens is 390 g/mol. The molecule has 5 heteroatoms. The molecule has 5 nitrogen and oxygen atoms in total. The van der Waals surface area contributed by atoms with Gasteiger partial charge in [-0.05, 0) is 54.3 Å². The smallest absolute Gasteiger partial charge is 0.337 e. The van der Waals surface area contributed by atoms with E-state index in [1.807, 2.05) is 66.7 Å². The summed E-state index contributed by atoms with van der Waals surface area (Å²) in [6, 6.07) is 25.1. The van der Waals surface area contributed by atoms with Gasteiger partial charge in [-0.25, -0.2) is 4.79 Å². The van der Waals surface area contributed by atoms with Gasteiger partial charge < -0.3 is 19.9 Å². The molecule has 3 aromatic rings. The third-order valence-corrected chi connectivity index (χ3v) is 5.07. The van der Waals surface area contributed by atoms with Crippen LogP contribution in [0.25, 0.3) is 0 Å². The van der Waals surface area contributed by atoms with Gasteiger partial charge in [0.15, 0.2) is 0 Å². The fourth-order valence-corrected chi connectivity index (χ4v) is 3.30. The molecule has 0 radical (unpaired) electrons. The molecule has 0 aliphatic carbocycles. The topological polar surface area (TPSA) is 67.8 Å². The van der Waals surface area contributed by atoms with Crippen LogP contribution in [0.15, 0.2) is 78.9 Å². The Bertz CT molecular complexity index is 957. The Morgan fingerprint density at radius 2 is 1.71 bits per heavy atom. The molecule has 162 valence electrons. The summed E-state index contributed by atoms with van der Waals surface area (Å²) in [5, 5.41) is 14.0. The van der Waals surface area contributed by atoms with E-state index in [0.29, 0.717) is 18.7 Å². The molecule has 2 N–H and O–H groups in total. The van der Waals surface area contributed by atoms with Crippen molar-refractivity contribution in [3.8, 4) is 5.75 Å². The number of hydrogen-bond donors (Lipinski definition) is 2. The van der Waals surface area contributed by atoms with Crippen LogP contribution in [-0.2, 0) is 17.8 Å². The molecular formula is C26H29NO4. The van der Waals surface area contributed by atoms with Crippen LogP contribution in [0.3, 0.4) is 0 Å². The van der Waals surface area contributed by atoms with Gasteiger partial charge in [0.05, 0.1) is 18.8 Å². The molecule has 0 amide bonds.